The first-order valence-corrected chi connectivity index (χ1v) is 3.03. The van der Waals surface area contributed by atoms with Gasteiger partial charge in [-0.05, 0) is 12.8 Å². The van der Waals surface area contributed by atoms with Crippen LogP contribution >= 0.6 is 0 Å². The molecule has 1 rings (SSSR count). The van der Waals surface area contributed by atoms with Crippen LogP contribution in [0.15, 0.2) is 0 Å². The molecular weight excluding hydrogens is 121 g/mol. The molecule has 1 aliphatic rings. The van der Waals surface area contributed by atoms with Gasteiger partial charge in [-0.2, -0.15) is 0 Å². The normalized spacial score (nSPS) is 21.4. The quantitative estimate of drug-likeness (QED) is 0.599. The Morgan fingerprint density at radius 1 is 1.67 bits per heavy atom. The van der Waals surface area contributed by atoms with E-state index in [0.29, 0.717) is 0 Å². The number of carbonyl (C=O) groups is 1. The molecule has 0 aromatic rings. The summed E-state index contributed by atoms with van der Waals surface area (Å²) in [7, 11) is 0. The number of hydrogen-bond acceptors (Lipinski definition) is 1. The highest BCUT2D eigenvalue weighted by atomic mass is 19.1. The van der Waals surface area contributed by atoms with Crippen molar-refractivity contribution in [2.24, 2.45) is 11.1 Å². The molecule has 1 fully saturated rings. The second kappa shape index (κ2) is 1.97. The van der Waals surface area contributed by atoms with Crippen LogP contribution in [0.3, 0.4) is 0 Å². The molecule has 52 valence electrons. The second-order valence-electron chi connectivity index (χ2n) is 2.78. The van der Waals surface area contributed by atoms with E-state index < -0.39 is 6.67 Å². The lowest BCUT2D eigenvalue weighted by atomic mass is 10.1. The molecule has 0 aromatic carbocycles. The lowest BCUT2D eigenvalue weighted by Crippen LogP contribution is -2.18. The number of halogens is 1. The third kappa shape index (κ3) is 1.40. The van der Waals surface area contributed by atoms with E-state index in [1.54, 1.807) is 0 Å². The summed E-state index contributed by atoms with van der Waals surface area (Å²) in [6, 6.07) is 0. The van der Waals surface area contributed by atoms with E-state index in [1.807, 2.05) is 0 Å². The van der Waals surface area contributed by atoms with Gasteiger partial charge in [-0.1, -0.05) is 0 Å². The van der Waals surface area contributed by atoms with Crippen molar-refractivity contribution in [1.29, 1.82) is 0 Å². The largest absolute Gasteiger partial charge is 0.370 e. The third-order valence-corrected chi connectivity index (χ3v) is 1.79. The second-order valence-corrected chi connectivity index (χ2v) is 2.78. The molecule has 2 N–H and O–H groups in total. The van der Waals surface area contributed by atoms with Crippen molar-refractivity contribution >= 4 is 5.91 Å². The lowest BCUT2D eigenvalue weighted by molar-refractivity contribution is -0.119. The van der Waals surface area contributed by atoms with Gasteiger partial charge in [0, 0.05) is 11.8 Å². The fraction of sp³-hybridized carbons (Fsp3) is 0.833. The van der Waals surface area contributed by atoms with Crippen molar-refractivity contribution in [1.82, 2.24) is 0 Å². The molecule has 3 heteroatoms. The van der Waals surface area contributed by atoms with Gasteiger partial charge in [-0.3, -0.25) is 9.18 Å². The Morgan fingerprint density at radius 2 is 2.22 bits per heavy atom. The molecule has 0 heterocycles. The number of rotatable bonds is 3. The number of amides is 1. The van der Waals surface area contributed by atoms with Gasteiger partial charge in [0.1, 0.15) is 0 Å². The number of alkyl halides is 1. The minimum absolute atomic E-state index is 0.226. The van der Waals surface area contributed by atoms with Crippen molar-refractivity contribution in [2.75, 3.05) is 6.67 Å². The van der Waals surface area contributed by atoms with Gasteiger partial charge in [0.05, 0.1) is 6.67 Å². The average molecular weight is 131 g/mol. The van der Waals surface area contributed by atoms with Gasteiger partial charge in [0.15, 0.2) is 0 Å². The molecule has 0 saturated heterocycles. The van der Waals surface area contributed by atoms with Gasteiger partial charge < -0.3 is 5.73 Å². The molecule has 0 aliphatic heterocycles. The fourth-order valence-electron chi connectivity index (χ4n) is 0.904. The van der Waals surface area contributed by atoms with E-state index in [0.717, 1.165) is 12.8 Å². The van der Waals surface area contributed by atoms with Gasteiger partial charge in [0.25, 0.3) is 0 Å². The molecule has 0 atom stereocenters. The first-order chi connectivity index (χ1) is 4.18. The lowest BCUT2D eigenvalue weighted by Gasteiger charge is -2.04. The highest BCUT2D eigenvalue weighted by Gasteiger charge is 2.43. The summed E-state index contributed by atoms with van der Waals surface area (Å²) in [5.74, 6) is -0.384. The predicted molar refractivity (Wildman–Crippen MR) is 31.5 cm³/mol. The maximum absolute atomic E-state index is 12.0. The fourth-order valence-corrected chi connectivity index (χ4v) is 0.904. The Balaban J connectivity index is 2.33. The molecule has 0 bridgehead atoms. The zero-order valence-electron chi connectivity index (χ0n) is 5.19. The summed E-state index contributed by atoms with van der Waals surface area (Å²) in [5.41, 5.74) is 4.56. The molecule has 0 spiro atoms. The topological polar surface area (TPSA) is 43.1 Å². The van der Waals surface area contributed by atoms with Crippen molar-refractivity contribution in [3.63, 3.8) is 0 Å². The first kappa shape index (κ1) is 6.52. The minimum Gasteiger partial charge on any atom is -0.370 e. The van der Waals surface area contributed by atoms with E-state index >= 15 is 0 Å². The zero-order chi connectivity index (χ0) is 6.91. The van der Waals surface area contributed by atoms with Gasteiger partial charge in [0.2, 0.25) is 5.91 Å². The van der Waals surface area contributed by atoms with Crippen molar-refractivity contribution in [2.45, 2.75) is 19.3 Å². The standard InChI is InChI=1S/C6H10FNO/c7-4-6(1-2-6)3-5(8)9/h1-4H2,(H2,8,9). The Hall–Kier alpha value is -0.600. The number of nitrogens with two attached hydrogens (primary N) is 1. The summed E-state index contributed by atoms with van der Waals surface area (Å²) in [4.78, 5) is 10.3. The third-order valence-electron chi connectivity index (χ3n) is 1.79. The predicted octanol–water partition coefficient (Wildman–Crippen LogP) is 0.611. The Morgan fingerprint density at radius 3 is 2.33 bits per heavy atom. The molecule has 1 amide bonds. The van der Waals surface area contributed by atoms with Crippen LogP contribution in [-0.2, 0) is 4.79 Å². The molecule has 0 radical (unpaired) electrons. The summed E-state index contributed by atoms with van der Waals surface area (Å²) >= 11 is 0. The van der Waals surface area contributed by atoms with Crippen LogP contribution in [0.4, 0.5) is 4.39 Å². The first-order valence-electron chi connectivity index (χ1n) is 3.03. The van der Waals surface area contributed by atoms with Crippen molar-refractivity contribution in [3.05, 3.63) is 0 Å². The zero-order valence-corrected chi connectivity index (χ0v) is 5.19. The van der Waals surface area contributed by atoms with E-state index in [9.17, 15) is 9.18 Å². The van der Waals surface area contributed by atoms with Crippen LogP contribution in [0.1, 0.15) is 19.3 Å². The van der Waals surface area contributed by atoms with Gasteiger partial charge in [-0.15, -0.1) is 0 Å². The van der Waals surface area contributed by atoms with Gasteiger partial charge >= 0.3 is 0 Å². The molecular formula is C6H10FNO. The van der Waals surface area contributed by atoms with Crippen LogP contribution in [0.2, 0.25) is 0 Å². The molecule has 0 unspecified atom stereocenters. The van der Waals surface area contributed by atoms with E-state index in [1.165, 1.54) is 0 Å². The van der Waals surface area contributed by atoms with Crippen LogP contribution in [0.25, 0.3) is 0 Å². The molecule has 1 saturated carbocycles. The van der Waals surface area contributed by atoms with E-state index in [2.05, 4.69) is 0 Å². The molecule has 9 heavy (non-hydrogen) atoms. The van der Waals surface area contributed by atoms with Crippen LogP contribution in [0, 0.1) is 5.41 Å². The van der Waals surface area contributed by atoms with Crippen molar-refractivity contribution < 1.29 is 9.18 Å². The average Bonchev–Trinajstić information content (AvgIpc) is 2.48. The van der Waals surface area contributed by atoms with Crippen LogP contribution in [-0.4, -0.2) is 12.6 Å². The molecule has 2 nitrogen and oxygen atoms in total. The van der Waals surface area contributed by atoms with Gasteiger partial charge in [-0.25, -0.2) is 0 Å². The SMILES string of the molecule is NC(=O)CC1(CF)CC1. The maximum atomic E-state index is 12.0. The highest BCUT2D eigenvalue weighted by molar-refractivity contribution is 5.75. The number of primary amides is 1. The van der Waals surface area contributed by atoms with E-state index in [4.69, 9.17) is 5.73 Å². The summed E-state index contributed by atoms with van der Waals surface area (Å²) in [5, 5.41) is 0. The maximum Gasteiger partial charge on any atom is 0.218 e. The number of hydrogen-bond donors (Lipinski definition) is 1. The Kier molecular flexibility index (Phi) is 1.43. The highest BCUT2D eigenvalue weighted by Crippen LogP contribution is 2.48. The minimum atomic E-state index is -0.393. The smallest absolute Gasteiger partial charge is 0.218 e. The van der Waals surface area contributed by atoms with Crippen LogP contribution < -0.4 is 5.73 Å². The summed E-state index contributed by atoms with van der Waals surface area (Å²) in [6.45, 7) is -0.393. The van der Waals surface area contributed by atoms with Crippen molar-refractivity contribution in [3.8, 4) is 0 Å². The summed E-state index contributed by atoms with van der Waals surface area (Å²) in [6.07, 6.45) is 1.88. The monoisotopic (exact) mass is 131 g/mol. The molecule has 1 aliphatic carbocycles. The van der Waals surface area contributed by atoms with Crippen LogP contribution in [0.5, 0.6) is 0 Å². The van der Waals surface area contributed by atoms with E-state index in [-0.39, 0.29) is 17.7 Å². The Bertz CT molecular complexity index is 131. The number of carbonyl (C=O) groups excluding carboxylic acids is 1. The summed E-state index contributed by atoms with van der Waals surface area (Å²) < 4.78 is 12.0. The Labute approximate surface area is 53.2 Å². The molecule has 0 aromatic heterocycles.